The molecule has 102 valence electrons. The van der Waals surface area contributed by atoms with Gasteiger partial charge >= 0.3 is 0 Å². The monoisotopic (exact) mass is 260 g/mol. The van der Waals surface area contributed by atoms with Gasteiger partial charge in [-0.25, -0.2) is 0 Å². The van der Waals surface area contributed by atoms with Crippen molar-refractivity contribution >= 4 is 11.7 Å². The van der Waals surface area contributed by atoms with Gasteiger partial charge in [0.25, 0.3) is 0 Å². The summed E-state index contributed by atoms with van der Waals surface area (Å²) in [6, 6.07) is 5.46. The van der Waals surface area contributed by atoms with Crippen LogP contribution in [0.25, 0.3) is 0 Å². The van der Waals surface area contributed by atoms with E-state index in [9.17, 15) is 4.79 Å². The predicted octanol–water partition coefficient (Wildman–Crippen LogP) is 2.45. The Hall–Kier alpha value is -2.04. The van der Waals surface area contributed by atoms with Gasteiger partial charge in [-0.05, 0) is 24.5 Å². The van der Waals surface area contributed by atoms with Crippen LogP contribution >= 0.6 is 0 Å². The number of hydrogen-bond acceptors (Lipinski definition) is 2. The van der Waals surface area contributed by atoms with Gasteiger partial charge in [0.15, 0.2) is 5.82 Å². The zero-order chi connectivity index (χ0) is 13.8. The molecular weight excluding hydrogens is 240 g/mol. The SMILES string of the molecule is CC(C)C[C@@H](C(=O)Nc1ccn(C)n1)n1cccc1. The maximum Gasteiger partial charge on any atom is 0.248 e. The Morgan fingerprint density at radius 3 is 2.53 bits per heavy atom. The average Bonchev–Trinajstić information content (AvgIpc) is 2.97. The number of aryl methyl sites for hydroxylation is 1. The van der Waals surface area contributed by atoms with E-state index in [2.05, 4.69) is 24.3 Å². The van der Waals surface area contributed by atoms with E-state index in [4.69, 9.17) is 0 Å². The Kier molecular flexibility index (Phi) is 4.04. The van der Waals surface area contributed by atoms with Crippen molar-refractivity contribution in [2.45, 2.75) is 26.3 Å². The highest BCUT2D eigenvalue weighted by molar-refractivity contribution is 5.92. The van der Waals surface area contributed by atoms with Gasteiger partial charge in [0.2, 0.25) is 5.91 Å². The number of nitrogens with one attached hydrogen (secondary N) is 1. The third-order valence-corrected chi connectivity index (χ3v) is 2.95. The molecule has 0 saturated carbocycles. The Bertz CT molecular complexity index is 527. The standard InChI is InChI=1S/C14H20N4O/c1-11(2)10-12(18-7-4-5-8-18)14(19)15-13-6-9-17(3)16-13/h4-9,11-12H,10H2,1-3H3,(H,15,16,19)/t12-/m0/s1. The summed E-state index contributed by atoms with van der Waals surface area (Å²) < 4.78 is 3.61. The molecule has 0 radical (unpaired) electrons. The van der Waals surface area contributed by atoms with Gasteiger partial charge < -0.3 is 9.88 Å². The van der Waals surface area contributed by atoms with Gasteiger partial charge in [-0.1, -0.05) is 13.8 Å². The number of nitrogens with zero attached hydrogens (tertiary/aromatic N) is 3. The maximum atomic E-state index is 12.4. The van der Waals surface area contributed by atoms with E-state index in [1.165, 1.54) is 0 Å². The normalized spacial score (nSPS) is 12.6. The fourth-order valence-electron chi connectivity index (χ4n) is 2.06. The van der Waals surface area contributed by atoms with Gasteiger partial charge in [-0.3, -0.25) is 9.48 Å². The molecule has 5 heteroatoms. The zero-order valence-electron chi connectivity index (χ0n) is 11.6. The average molecular weight is 260 g/mol. The van der Waals surface area contributed by atoms with Gasteiger partial charge in [-0.15, -0.1) is 0 Å². The smallest absolute Gasteiger partial charge is 0.248 e. The number of carbonyl (C=O) groups excluding carboxylic acids is 1. The molecule has 1 N–H and O–H groups in total. The predicted molar refractivity (Wildman–Crippen MR) is 74.8 cm³/mol. The van der Waals surface area contributed by atoms with Crippen LogP contribution in [0.5, 0.6) is 0 Å². The topological polar surface area (TPSA) is 51.9 Å². The number of rotatable bonds is 5. The highest BCUT2D eigenvalue weighted by Gasteiger charge is 2.21. The van der Waals surface area contributed by atoms with Crippen molar-refractivity contribution in [2.75, 3.05) is 5.32 Å². The quantitative estimate of drug-likeness (QED) is 0.897. The van der Waals surface area contributed by atoms with Crippen molar-refractivity contribution in [1.82, 2.24) is 14.3 Å². The van der Waals surface area contributed by atoms with Crippen LogP contribution in [-0.4, -0.2) is 20.3 Å². The molecule has 0 bridgehead atoms. The highest BCUT2D eigenvalue weighted by Crippen LogP contribution is 2.19. The lowest BCUT2D eigenvalue weighted by atomic mass is 10.0. The maximum absolute atomic E-state index is 12.4. The fraction of sp³-hybridized carbons (Fsp3) is 0.429. The van der Waals surface area contributed by atoms with Crippen molar-refractivity contribution in [3.05, 3.63) is 36.8 Å². The number of anilines is 1. The van der Waals surface area contributed by atoms with E-state index in [0.717, 1.165) is 6.42 Å². The van der Waals surface area contributed by atoms with E-state index < -0.39 is 0 Å². The van der Waals surface area contributed by atoms with Crippen molar-refractivity contribution in [1.29, 1.82) is 0 Å². The molecule has 2 aromatic rings. The summed E-state index contributed by atoms with van der Waals surface area (Å²) in [5.74, 6) is 1.01. The molecular formula is C14H20N4O. The minimum atomic E-state index is -0.197. The minimum Gasteiger partial charge on any atom is -0.342 e. The summed E-state index contributed by atoms with van der Waals surface area (Å²) in [4.78, 5) is 12.4. The molecule has 0 aliphatic rings. The van der Waals surface area contributed by atoms with E-state index in [-0.39, 0.29) is 11.9 Å². The summed E-state index contributed by atoms with van der Waals surface area (Å²) in [5.41, 5.74) is 0. The summed E-state index contributed by atoms with van der Waals surface area (Å²) in [5, 5.41) is 7.03. The zero-order valence-corrected chi connectivity index (χ0v) is 11.6. The molecule has 0 aromatic carbocycles. The highest BCUT2D eigenvalue weighted by atomic mass is 16.2. The number of aromatic nitrogens is 3. The van der Waals surface area contributed by atoms with Crippen LogP contribution in [0.2, 0.25) is 0 Å². The molecule has 0 saturated heterocycles. The second-order valence-electron chi connectivity index (χ2n) is 5.14. The molecule has 0 aliphatic heterocycles. The van der Waals surface area contributed by atoms with E-state index in [0.29, 0.717) is 11.7 Å². The molecule has 2 rings (SSSR count). The minimum absolute atomic E-state index is 0.0244. The van der Waals surface area contributed by atoms with Gasteiger partial charge in [0, 0.05) is 31.7 Å². The van der Waals surface area contributed by atoms with Crippen LogP contribution in [0.4, 0.5) is 5.82 Å². The molecule has 2 heterocycles. The number of carbonyl (C=O) groups is 1. The summed E-state index contributed by atoms with van der Waals surface area (Å²) in [7, 11) is 1.83. The van der Waals surface area contributed by atoms with Crippen molar-refractivity contribution < 1.29 is 4.79 Å². The molecule has 1 amide bonds. The molecule has 2 aromatic heterocycles. The van der Waals surface area contributed by atoms with Crippen LogP contribution in [0.15, 0.2) is 36.8 Å². The molecule has 5 nitrogen and oxygen atoms in total. The molecule has 0 aliphatic carbocycles. The first-order chi connectivity index (χ1) is 9.06. The summed E-state index contributed by atoms with van der Waals surface area (Å²) >= 11 is 0. The largest absolute Gasteiger partial charge is 0.342 e. The summed E-state index contributed by atoms with van der Waals surface area (Å²) in [6.45, 7) is 4.23. The lowest BCUT2D eigenvalue weighted by Crippen LogP contribution is -2.26. The van der Waals surface area contributed by atoms with Gasteiger partial charge in [0.05, 0.1) is 0 Å². The van der Waals surface area contributed by atoms with E-state index in [1.807, 2.05) is 42.3 Å². The third-order valence-electron chi connectivity index (χ3n) is 2.95. The number of amides is 1. The van der Waals surface area contributed by atoms with Crippen molar-refractivity contribution in [3.8, 4) is 0 Å². The van der Waals surface area contributed by atoms with Gasteiger partial charge in [-0.2, -0.15) is 5.10 Å². The first kappa shape index (κ1) is 13.4. The first-order valence-electron chi connectivity index (χ1n) is 6.49. The summed E-state index contributed by atoms with van der Waals surface area (Å²) in [6.07, 6.45) is 6.45. The van der Waals surface area contributed by atoms with Crippen LogP contribution in [0, 0.1) is 5.92 Å². The lowest BCUT2D eigenvalue weighted by Gasteiger charge is -2.19. The lowest BCUT2D eigenvalue weighted by molar-refractivity contribution is -0.119. The molecule has 0 unspecified atom stereocenters. The third kappa shape index (κ3) is 3.47. The fourth-order valence-corrected chi connectivity index (χ4v) is 2.06. The van der Waals surface area contributed by atoms with Crippen LogP contribution < -0.4 is 5.32 Å². The molecule has 0 fully saturated rings. The molecule has 1 atom stereocenters. The van der Waals surface area contributed by atoms with Crippen molar-refractivity contribution in [2.24, 2.45) is 13.0 Å². The van der Waals surface area contributed by atoms with Crippen LogP contribution in [-0.2, 0) is 11.8 Å². The second-order valence-corrected chi connectivity index (χ2v) is 5.14. The van der Waals surface area contributed by atoms with E-state index in [1.54, 1.807) is 10.7 Å². The molecule has 0 spiro atoms. The Balaban J connectivity index is 2.11. The second kappa shape index (κ2) is 5.73. The first-order valence-corrected chi connectivity index (χ1v) is 6.49. The van der Waals surface area contributed by atoms with Crippen LogP contribution in [0.1, 0.15) is 26.3 Å². The van der Waals surface area contributed by atoms with Gasteiger partial charge in [0.1, 0.15) is 6.04 Å². The Morgan fingerprint density at radius 1 is 1.32 bits per heavy atom. The van der Waals surface area contributed by atoms with Crippen molar-refractivity contribution in [3.63, 3.8) is 0 Å². The number of hydrogen-bond donors (Lipinski definition) is 1. The Morgan fingerprint density at radius 2 is 2.00 bits per heavy atom. The van der Waals surface area contributed by atoms with E-state index >= 15 is 0 Å². The Labute approximate surface area is 113 Å². The molecule has 19 heavy (non-hydrogen) atoms. The van der Waals surface area contributed by atoms with Crippen LogP contribution in [0.3, 0.4) is 0 Å².